The number of carbonyl (C=O) groups excluding carboxylic acids is 2. The molecule has 2 N–H and O–H groups in total. The van der Waals surface area contributed by atoms with Gasteiger partial charge in [0.15, 0.2) is 6.61 Å². The largest absolute Gasteiger partial charge is 0.324 e. The first-order valence-corrected chi connectivity index (χ1v) is 6.97. The Labute approximate surface area is 130 Å². The molecule has 0 spiro atoms. The maximum atomic E-state index is 11.7. The fourth-order valence-electron chi connectivity index (χ4n) is 1.57. The zero-order valence-electron chi connectivity index (χ0n) is 11.0. The zero-order chi connectivity index (χ0) is 15.1. The number of hydrogen-bond donors (Lipinski definition) is 2. The number of anilines is 1. The molecule has 0 aliphatic rings. The van der Waals surface area contributed by atoms with Gasteiger partial charge in [-0.15, -0.1) is 0 Å². The van der Waals surface area contributed by atoms with E-state index in [2.05, 4.69) is 26.7 Å². The first-order chi connectivity index (χ1) is 10.1. The molecule has 0 bridgehead atoms. The second kappa shape index (κ2) is 7.56. The molecule has 0 radical (unpaired) electrons. The van der Waals surface area contributed by atoms with Crippen LogP contribution in [0.2, 0.25) is 0 Å². The number of para-hydroxylation sites is 1. The van der Waals surface area contributed by atoms with Gasteiger partial charge >= 0.3 is 0 Å². The minimum atomic E-state index is -0.413. The van der Waals surface area contributed by atoms with E-state index < -0.39 is 5.91 Å². The predicted molar refractivity (Wildman–Crippen MR) is 82.6 cm³/mol. The van der Waals surface area contributed by atoms with Crippen LogP contribution < -0.4 is 10.8 Å². The number of halogens is 1. The van der Waals surface area contributed by atoms with Crippen LogP contribution in [0, 0.1) is 0 Å². The van der Waals surface area contributed by atoms with Gasteiger partial charge in [-0.25, -0.2) is 5.48 Å². The van der Waals surface area contributed by atoms with Crippen molar-refractivity contribution in [2.45, 2.75) is 0 Å². The van der Waals surface area contributed by atoms with E-state index in [1.807, 2.05) is 24.3 Å². The van der Waals surface area contributed by atoms with E-state index in [0.717, 1.165) is 4.47 Å². The van der Waals surface area contributed by atoms with Crippen molar-refractivity contribution in [1.82, 2.24) is 5.48 Å². The lowest BCUT2D eigenvalue weighted by molar-refractivity contribution is -0.122. The van der Waals surface area contributed by atoms with Gasteiger partial charge in [0.25, 0.3) is 11.8 Å². The average molecular weight is 349 g/mol. The van der Waals surface area contributed by atoms with Crippen molar-refractivity contribution < 1.29 is 14.4 Å². The van der Waals surface area contributed by atoms with Crippen LogP contribution in [0.5, 0.6) is 0 Å². The first kappa shape index (κ1) is 15.2. The Kier molecular flexibility index (Phi) is 5.48. The van der Waals surface area contributed by atoms with Gasteiger partial charge in [-0.2, -0.15) is 0 Å². The minimum Gasteiger partial charge on any atom is -0.324 e. The summed E-state index contributed by atoms with van der Waals surface area (Å²) in [5.74, 6) is -0.764. The van der Waals surface area contributed by atoms with Crippen LogP contribution in [0.25, 0.3) is 0 Å². The molecule has 21 heavy (non-hydrogen) atoms. The predicted octanol–water partition coefficient (Wildman–Crippen LogP) is 2.75. The fourth-order valence-corrected chi connectivity index (χ4v) is 1.97. The molecular formula is C15H13BrN2O3. The van der Waals surface area contributed by atoms with Crippen molar-refractivity contribution in [3.63, 3.8) is 0 Å². The maximum Gasteiger partial charge on any atom is 0.274 e. The van der Waals surface area contributed by atoms with Crippen LogP contribution >= 0.6 is 15.9 Å². The highest BCUT2D eigenvalue weighted by molar-refractivity contribution is 9.10. The van der Waals surface area contributed by atoms with Crippen molar-refractivity contribution >= 4 is 33.4 Å². The summed E-state index contributed by atoms with van der Waals surface area (Å²) in [6, 6.07) is 15.8. The maximum absolute atomic E-state index is 11.7. The molecule has 2 amide bonds. The molecule has 0 fully saturated rings. The first-order valence-electron chi connectivity index (χ1n) is 6.18. The number of amides is 2. The molecular weight excluding hydrogens is 336 g/mol. The molecule has 0 aromatic heterocycles. The molecule has 2 aromatic carbocycles. The molecule has 0 aliphatic carbocycles. The second-order valence-electron chi connectivity index (χ2n) is 4.14. The summed E-state index contributed by atoms with van der Waals surface area (Å²) < 4.78 is 0.789. The highest BCUT2D eigenvalue weighted by atomic mass is 79.9. The van der Waals surface area contributed by atoms with Gasteiger partial charge in [0, 0.05) is 15.7 Å². The lowest BCUT2D eigenvalue weighted by Crippen LogP contribution is -2.29. The molecule has 2 rings (SSSR count). The van der Waals surface area contributed by atoms with Crippen LogP contribution in [-0.4, -0.2) is 18.4 Å². The van der Waals surface area contributed by atoms with E-state index in [-0.39, 0.29) is 12.5 Å². The molecule has 2 aromatic rings. The summed E-state index contributed by atoms with van der Waals surface area (Å²) >= 11 is 3.27. The molecule has 6 heteroatoms. The van der Waals surface area contributed by atoms with Gasteiger partial charge in [0.1, 0.15) is 0 Å². The summed E-state index contributed by atoms with van der Waals surface area (Å²) in [4.78, 5) is 28.2. The number of carbonyl (C=O) groups is 2. The van der Waals surface area contributed by atoms with E-state index >= 15 is 0 Å². The number of hydroxylamine groups is 1. The van der Waals surface area contributed by atoms with Crippen molar-refractivity contribution in [3.05, 3.63) is 64.6 Å². The quantitative estimate of drug-likeness (QED) is 0.816. The normalized spacial score (nSPS) is 9.95. The Bertz CT molecular complexity index is 632. The number of benzene rings is 2. The van der Waals surface area contributed by atoms with Gasteiger partial charge in [0.05, 0.1) is 0 Å². The molecule has 0 unspecified atom stereocenters. The Balaban J connectivity index is 1.76. The molecule has 0 aliphatic heterocycles. The Hall–Kier alpha value is -2.18. The lowest BCUT2D eigenvalue weighted by Gasteiger charge is -2.07. The topological polar surface area (TPSA) is 67.4 Å². The van der Waals surface area contributed by atoms with Crippen LogP contribution in [0.3, 0.4) is 0 Å². The second-order valence-corrected chi connectivity index (χ2v) is 5.06. The molecule has 0 atom stereocenters. The molecule has 0 saturated carbocycles. The zero-order valence-corrected chi connectivity index (χ0v) is 12.6. The SMILES string of the molecule is O=C(CONC(=O)c1cccc(Br)c1)Nc1ccccc1. The highest BCUT2D eigenvalue weighted by Crippen LogP contribution is 2.11. The van der Waals surface area contributed by atoms with E-state index in [4.69, 9.17) is 4.84 Å². The van der Waals surface area contributed by atoms with E-state index in [9.17, 15) is 9.59 Å². The molecule has 108 valence electrons. The van der Waals surface area contributed by atoms with Crippen LogP contribution in [0.15, 0.2) is 59.1 Å². The third-order valence-electron chi connectivity index (χ3n) is 2.51. The lowest BCUT2D eigenvalue weighted by atomic mass is 10.2. The number of hydrogen-bond acceptors (Lipinski definition) is 3. The highest BCUT2D eigenvalue weighted by Gasteiger charge is 2.07. The number of rotatable bonds is 5. The van der Waals surface area contributed by atoms with Crippen LogP contribution in [0.4, 0.5) is 5.69 Å². The van der Waals surface area contributed by atoms with Crippen molar-refractivity contribution in [2.75, 3.05) is 11.9 Å². The summed E-state index contributed by atoms with van der Waals surface area (Å²) in [5.41, 5.74) is 3.33. The Morgan fingerprint density at radius 2 is 1.81 bits per heavy atom. The minimum absolute atomic E-state index is 0.269. The Morgan fingerprint density at radius 1 is 1.05 bits per heavy atom. The number of nitrogens with one attached hydrogen (secondary N) is 2. The van der Waals surface area contributed by atoms with Crippen LogP contribution in [-0.2, 0) is 9.63 Å². The van der Waals surface area contributed by atoms with Gasteiger partial charge in [-0.05, 0) is 30.3 Å². The third kappa shape index (κ3) is 5.02. The van der Waals surface area contributed by atoms with Gasteiger partial charge < -0.3 is 5.32 Å². The summed E-state index contributed by atoms with van der Waals surface area (Å²) in [6.07, 6.45) is 0. The van der Waals surface area contributed by atoms with Crippen LogP contribution in [0.1, 0.15) is 10.4 Å². The average Bonchev–Trinajstić information content (AvgIpc) is 2.48. The fraction of sp³-hybridized carbons (Fsp3) is 0.0667. The summed E-state index contributed by atoms with van der Waals surface area (Å²) in [7, 11) is 0. The van der Waals surface area contributed by atoms with Gasteiger partial charge in [-0.3, -0.25) is 14.4 Å². The molecule has 0 heterocycles. The molecule has 5 nitrogen and oxygen atoms in total. The van der Waals surface area contributed by atoms with Crippen molar-refractivity contribution in [2.24, 2.45) is 0 Å². The van der Waals surface area contributed by atoms with Crippen molar-refractivity contribution in [3.8, 4) is 0 Å². The smallest absolute Gasteiger partial charge is 0.274 e. The van der Waals surface area contributed by atoms with Gasteiger partial charge in [-0.1, -0.05) is 40.2 Å². The Morgan fingerprint density at radius 3 is 2.52 bits per heavy atom. The van der Waals surface area contributed by atoms with Crippen molar-refractivity contribution in [1.29, 1.82) is 0 Å². The molecule has 0 saturated heterocycles. The van der Waals surface area contributed by atoms with Gasteiger partial charge in [0.2, 0.25) is 0 Å². The monoisotopic (exact) mass is 348 g/mol. The summed E-state index contributed by atoms with van der Waals surface area (Å²) in [5, 5.41) is 2.64. The summed E-state index contributed by atoms with van der Waals surface area (Å²) in [6.45, 7) is -0.269. The third-order valence-corrected chi connectivity index (χ3v) is 3.01. The van der Waals surface area contributed by atoms with E-state index in [1.165, 1.54) is 0 Å². The standard InChI is InChI=1S/C15H13BrN2O3/c16-12-6-4-5-11(9-12)15(20)18-21-10-14(19)17-13-7-2-1-3-8-13/h1-9H,10H2,(H,17,19)(H,18,20). The van der Waals surface area contributed by atoms with E-state index in [0.29, 0.717) is 11.3 Å². The van der Waals surface area contributed by atoms with E-state index in [1.54, 1.807) is 30.3 Å².